The number of halogens is 1. The summed E-state index contributed by atoms with van der Waals surface area (Å²) in [7, 11) is -2.39. The van der Waals surface area contributed by atoms with Crippen molar-refractivity contribution < 1.29 is 17.5 Å². The lowest BCUT2D eigenvalue weighted by molar-refractivity contribution is 0.414. The van der Waals surface area contributed by atoms with Crippen LogP contribution in [0.5, 0.6) is 5.75 Å². The van der Waals surface area contributed by atoms with Gasteiger partial charge in [-0.1, -0.05) is 35.9 Å². The number of methoxy groups -OCH3 is 1. The van der Waals surface area contributed by atoms with Crippen LogP contribution >= 0.6 is 0 Å². The fourth-order valence-corrected chi connectivity index (χ4v) is 4.79. The highest BCUT2D eigenvalue weighted by atomic mass is 32.2. The quantitative estimate of drug-likeness (QED) is 0.543. The van der Waals surface area contributed by atoms with Gasteiger partial charge in [-0.2, -0.15) is 0 Å². The van der Waals surface area contributed by atoms with Crippen molar-refractivity contribution in [1.29, 1.82) is 0 Å². The second-order valence-corrected chi connectivity index (χ2v) is 8.81. The van der Waals surface area contributed by atoms with Gasteiger partial charge in [-0.3, -0.25) is 4.31 Å². The van der Waals surface area contributed by atoms with Gasteiger partial charge >= 0.3 is 0 Å². The Morgan fingerprint density at radius 1 is 0.966 bits per heavy atom. The van der Waals surface area contributed by atoms with Crippen molar-refractivity contribution in [2.24, 2.45) is 0 Å². The van der Waals surface area contributed by atoms with E-state index in [0.29, 0.717) is 11.3 Å². The summed E-state index contributed by atoms with van der Waals surface area (Å²) in [4.78, 5) is 0.152. The number of ether oxygens (including phenoxy) is 1. The zero-order valence-electron chi connectivity index (χ0n) is 16.9. The van der Waals surface area contributed by atoms with E-state index < -0.39 is 21.9 Å². The number of aryl methyl sites for hydroxylation is 2. The van der Waals surface area contributed by atoms with E-state index >= 15 is 0 Å². The molecule has 3 rings (SSSR count). The van der Waals surface area contributed by atoms with Crippen molar-refractivity contribution in [2.75, 3.05) is 11.4 Å². The largest absolute Gasteiger partial charge is 0.497 e. The topological polar surface area (TPSA) is 46.6 Å². The monoisotopic (exact) mass is 413 g/mol. The number of nitrogens with zero attached hydrogens (tertiary/aromatic N) is 1. The zero-order valence-corrected chi connectivity index (χ0v) is 17.7. The van der Waals surface area contributed by atoms with E-state index in [1.165, 1.54) is 10.4 Å². The van der Waals surface area contributed by atoms with Crippen LogP contribution in [0.3, 0.4) is 0 Å². The molecule has 1 atom stereocenters. The summed E-state index contributed by atoms with van der Waals surface area (Å²) >= 11 is 0. The Bertz CT molecular complexity index is 1110. The Labute approximate surface area is 171 Å². The van der Waals surface area contributed by atoms with Crippen molar-refractivity contribution >= 4 is 15.7 Å². The zero-order chi connectivity index (χ0) is 21.2. The summed E-state index contributed by atoms with van der Waals surface area (Å²) in [5.74, 6) is 0.168. The Hall–Kier alpha value is -2.86. The SMILES string of the molecule is COc1cccc(C(C)N(c2ccc(C)c(F)c2)S(=O)(=O)c2ccc(C)cc2)c1. The fraction of sp³-hybridized carbons (Fsp3) is 0.217. The van der Waals surface area contributed by atoms with Crippen molar-refractivity contribution in [3.63, 3.8) is 0 Å². The highest BCUT2D eigenvalue weighted by Gasteiger charge is 2.31. The lowest BCUT2D eigenvalue weighted by Crippen LogP contribution is -2.34. The van der Waals surface area contributed by atoms with Crippen LogP contribution in [0, 0.1) is 19.7 Å². The fourth-order valence-electron chi connectivity index (χ4n) is 3.15. The van der Waals surface area contributed by atoms with E-state index in [2.05, 4.69) is 0 Å². The number of hydrogen-bond acceptors (Lipinski definition) is 3. The van der Waals surface area contributed by atoms with Crippen LogP contribution in [0.1, 0.15) is 29.7 Å². The van der Waals surface area contributed by atoms with E-state index in [-0.39, 0.29) is 10.6 Å². The predicted octanol–water partition coefficient (Wildman–Crippen LogP) is 5.41. The minimum atomic E-state index is -3.94. The first-order valence-corrected chi connectivity index (χ1v) is 10.7. The average Bonchev–Trinajstić information content (AvgIpc) is 2.71. The Morgan fingerprint density at radius 3 is 2.28 bits per heavy atom. The molecule has 0 saturated heterocycles. The maximum Gasteiger partial charge on any atom is 0.264 e. The third-order valence-electron chi connectivity index (χ3n) is 4.92. The van der Waals surface area contributed by atoms with Gasteiger partial charge in [0.25, 0.3) is 10.0 Å². The van der Waals surface area contributed by atoms with E-state index in [9.17, 15) is 12.8 Å². The molecule has 0 spiro atoms. The third-order valence-corrected chi connectivity index (χ3v) is 6.83. The smallest absolute Gasteiger partial charge is 0.264 e. The third kappa shape index (κ3) is 4.27. The molecule has 0 saturated carbocycles. The number of benzene rings is 3. The molecule has 0 N–H and O–H groups in total. The van der Waals surface area contributed by atoms with Crippen LogP contribution < -0.4 is 9.04 Å². The van der Waals surface area contributed by atoms with Gasteiger partial charge in [0.2, 0.25) is 0 Å². The second kappa shape index (κ2) is 8.25. The summed E-state index contributed by atoms with van der Waals surface area (Å²) in [6, 6.07) is 17.7. The molecule has 6 heteroatoms. The van der Waals surface area contributed by atoms with E-state index in [0.717, 1.165) is 11.1 Å². The maximum atomic E-state index is 14.3. The number of rotatable bonds is 6. The lowest BCUT2D eigenvalue weighted by Gasteiger charge is -2.31. The molecule has 0 aliphatic carbocycles. The molecule has 0 radical (unpaired) electrons. The van der Waals surface area contributed by atoms with Crippen LogP contribution in [-0.2, 0) is 10.0 Å². The Kier molecular flexibility index (Phi) is 5.94. The van der Waals surface area contributed by atoms with E-state index in [4.69, 9.17) is 4.74 Å². The molecule has 1 unspecified atom stereocenters. The van der Waals surface area contributed by atoms with Crippen LogP contribution in [-0.4, -0.2) is 15.5 Å². The minimum Gasteiger partial charge on any atom is -0.497 e. The van der Waals surface area contributed by atoms with Crippen LogP contribution in [0.2, 0.25) is 0 Å². The van der Waals surface area contributed by atoms with Gasteiger partial charge in [-0.25, -0.2) is 12.8 Å². The molecule has 0 fully saturated rings. The van der Waals surface area contributed by atoms with Gasteiger partial charge in [0.05, 0.1) is 23.7 Å². The minimum absolute atomic E-state index is 0.152. The van der Waals surface area contributed by atoms with Gasteiger partial charge in [-0.15, -0.1) is 0 Å². The van der Waals surface area contributed by atoms with E-state index in [1.807, 2.05) is 13.0 Å². The standard InChI is InChI=1S/C23H24FNO3S/c1-16-8-12-22(13-9-16)29(26,27)25(20-11-10-17(2)23(24)15-20)18(3)19-6-5-7-21(14-19)28-4/h5-15,18H,1-4H3. The molecular formula is C23H24FNO3S. The molecule has 4 nitrogen and oxygen atoms in total. The molecule has 0 amide bonds. The average molecular weight is 414 g/mol. The molecule has 3 aromatic rings. The van der Waals surface area contributed by atoms with Crippen LogP contribution in [0.25, 0.3) is 0 Å². The van der Waals surface area contributed by atoms with Crippen molar-refractivity contribution in [3.05, 3.63) is 89.2 Å². The Morgan fingerprint density at radius 2 is 1.66 bits per heavy atom. The molecule has 0 heterocycles. The normalized spacial score (nSPS) is 12.4. The highest BCUT2D eigenvalue weighted by molar-refractivity contribution is 7.92. The van der Waals surface area contributed by atoms with Gasteiger partial charge in [0.15, 0.2) is 0 Å². The molecule has 3 aromatic carbocycles. The van der Waals surface area contributed by atoms with Crippen molar-refractivity contribution in [2.45, 2.75) is 31.7 Å². The van der Waals surface area contributed by atoms with Crippen LogP contribution in [0.15, 0.2) is 71.6 Å². The first-order chi connectivity index (χ1) is 13.7. The predicted molar refractivity (Wildman–Crippen MR) is 113 cm³/mol. The van der Waals surface area contributed by atoms with Gasteiger partial charge in [0, 0.05) is 0 Å². The van der Waals surface area contributed by atoms with Crippen molar-refractivity contribution in [3.8, 4) is 5.75 Å². The lowest BCUT2D eigenvalue weighted by atomic mass is 10.1. The maximum absolute atomic E-state index is 14.3. The Balaban J connectivity index is 2.17. The number of hydrogen-bond donors (Lipinski definition) is 0. The first-order valence-electron chi connectivity index (χ1n) is 9.25. The number of sulfonamides is 1. The van der Waals surface area contributed by atoms with Gasteiger partial charge in [-0.05, 0) is 68.3 Å². The number of anilines is 1. The van der Waals surface area contributed by atoms with Gasteiger partial charge in [0.1, 0.15) is 11.6 Å². The summed E-state index contributed by atoms with van der Waals surface area (Å²) in [5, 5.41) is 0. The van der Waals surface area contributed by atoms with Crippen molar-refractivity contribution in [1.82, 2.24) is 0 Å². The molecular weight excluding hydrogens is 389 g/mol. The molecule has 0 bridgehead atoms. The van der Waals surface area contributed by atoms with E-state index in [1.54, 1.807) is 75.6 Å². The molecule has 29 heavy (non-hydrogen) atoms. The molecule has 0 aliphatic heterocycles. The summed E-state index contributed by atoms with van der Waals surface area (Å²) in [5.41, 5.74) is 2.42. The summed E-state index contributed by atoms with van der Waals surface area (Å²) in [6.07, 6.45) is 0. The second-order valence-electron chi connectivity index (χ2n) is 7.00. The van der Waals surface area contributed by atoms with Crippen LogP contribution in [0.4, 0.5) is 10.1 Å². The first kappa shape index (κ1) is 20.9. The summed E-state index contributed by atoms with van der Waals surface area (Å²) < 4.78 is 48.0. The molecule has 0 aromatic heterocycles. The summed E-state index contributed by atoms with van der Waals surface area (Å²) in [6.45, 7) is 5.31. The van der Waals surface area contributed by atoms with Gasteiger partial charge < -0.3 is 4.74 Å². The molecule has 152 valence electrons. The molecule has 0 aliphatic rings. The highest BCUT2D eigenvalue weighted by Crippen LogP contribution is 2.35.